The van der Waals surface area contributed by atoms with Gasteiger partial charge in [-0.3, -0.25) is 14.4 Å². The molecule has 0 aromatic carbocycles. The molecule has 0 aliphatic heterocycles. The van der Waals surface area contributed by atoms with Crippen LogP contribution in [0.15, 0.2) is 60.8 Å². The van der Waals surface area contributed by atoms with Gasteiger partial charge in [-0.25, -0.2) is 0 Å². The summed E-state index contributed by atoms with van der Waals surface area (Å²) in [5, 5.41) is 0. The maximum Gasteiger partial charge on any atom is 0.306 e. The first-order chi connectivity index (χ1) is 24.0. The van der Waals surface area contributed by atoms with Crippen molar-refractivity contribution < 1.29 is 28.6 Å². The molecule has 0 saturated heterocycles. The number of esters is 3. The smallest absolute Gasteiger partial charge is 0.306 e. The van der Waals surface area contributed by atoms with Crippen LogP contribution in [-0.4, -0.2) is 37.2 Å². The average molecular weight is 685 g/mol. The van der Waals surface area contributed by atoms with Gasteiger partial charge in [-0.15, -0.1) is 0 Å². The van der Waals surface area contributed by atoms with Crippen LogP contribution in [0.1, 0.15) is 175 Å². The van der Waals surface area contributed by atoms with Gasteiger partial charge in [0.15, 0.2) is 6.10 Å². The summed E-state index contributed by atoms with van der Waals surface area (Å²) in [4.78, 5) is 37.0. The van der Waals surface area contributed by atoms with Gasteiger partial charge in [-0.2, -0.15) is 0 Å². The van der Waals surface area contributed by atoms with Gasteiger partial charge in [0, 0.05) is 19.3 Å². The van der Waals surface area contributed by atoms with Gasteiger partial charge in [-0.1, -0.05) is 152 Å². The highest BCUT2D eigenvalue weighted by atomic mass is 16.6. The second-order valence-corrected chi connectivity index (χ2v) is 12.8. The molecule has 0 aliphatic carbocycles. The van der Waals surface area contributed by atoms with E-state index in [1.807, 2.05) is 0 Å². The number of carbonyl (C=O) groups excluding carboxylic acids is 3. The van der Waals surface area contributed by atoms with Crippen LogP contribution in [0.4, 0.5) is 0 Å². The molecular weight excluding hydrogens is 612 g/mol. The zero-order valence-electron chi connectivity index (χ0n) is 31.7. The zero-order valence-corrected chi connectivity index (χ0v) is 31.7. The fourth-order valence-electron chi connectivity index (χ4n) is 5.05. The van der Waals surface area contributed by atoms with E-state index >= 15 is 0 Å². The van der Waals surface area contributed by atoms with Crippen LogP contribution in [0.25, 0.3) is 0 Å². The highest BCUT2D eigenvalue weighted by Gasteiger charge is 2.19. The van der Waals surface area contributed by atoms with Crippen LogP contribution >= 0.6 is 0 Å². The number of unbranched alkanes of at least 4 members (excludes halogenated alkanes) is 13. The normalized spacial score (nSPS) is 12.6. The van der Waals surface area contributed by atoms with Crippen molar-refractivity contribution in [2.75, 3.05) is 13.2 Å². The zero-order chi connectivity index (χ0) is 35.9. The third-order valence-electron chi connectivity index (χ3n) is 8.04. The number of allylic oxidation sites excluding steroid dienone is 10. The Morgan fingerprint density at radius 2 is 0.796 bits per heavy atom. The molecule has 49 heavy (non-hydrogen) atoms. The van der Waals surface area contributed by atoms with Gasteiger partial charge in [0.05, 0.1) is 0 Å². The van der Waals surface area contributed by atoms with Gasteiger partial charge in [0.1, 0.15) is 13.2 Å². The topological polar surface area (TPSA) is 78.9 Å². The Hall–Kier alpha value is -2.89. The number of ether oxygens (including phenoxy) is 3. The standard InChI is InChI=1S/C43H72O6/c1-4-7-10-13-14-15-16-17-18-19-20-21-22-23-24-25-26-27-28-31-33-36-42(45)48-39-40(49-43(46)37-34-30-12-9-6-3)38-47-41(44)35-32-29-11-8-5-2/h7,10,14-15,17-18,20-21,23-24,40H,4-6,8-9,11-13,16,19,22,25-39H2,1-3H3/b10-7-,15-14-,18-17-,21-20-,24-23-. The minimum atomic E-state index is -0.771. The lowest BCUT2D eigenvalue weighted by Gasteiger charge is -2.18. The first kappa shape index (κ1) is 46.1. The molecule has 0 aromatic heterocycles. The first-order valence-corrected chi connectivity index (χ1v) is 19.8. The third-order valence-corrected chi connectivity index (χ3v) is 8.04. The Morgan fingerprint density at radius 1 is 0.429 bits per heavy atom. The Morgan fingerprint density at radius 3 is 1.24 bits per heavy atom. The van der Waals surface area contributed by atoms with Crippen molar-refractivity contribution in [1.82, 2.24) is 0 Å². The fraction of sp³-hybridized carbons (Fsp3) is 0.698. The molecule has 0 amide bonds. The molecule has 0 heterocycles. The van der Waals surface area contributed by atoms with Gasteiger partial charge in [0.2, 0.25) is 0 Å². The maximum atomic E-state index is 12.4. The molecule has 1 atom stereocenters. The van der Waals surface area contributed by atoms with Crippen LogP contribution in [0, 0.1) is 0 Å². The van der Waals surface area contributed by atoms with Crippen LogP contribution in [0.2, 0.25) is 0 Å². The molecule has 0 rings (SSSR count). The van der Waals surface area contributed by atoms with Gasteiger partial charge in [-0.05, 0) is 64.2 Å². The van der Waals surface area contributed by atoms with Crippen LogP contribution in [-0.2, 0) is 28.6 Å². The van der Waals surface area contributed by atoms with Crippen LogP contribution in [0.5, 0.6) is 0 Å². The molecule has 0 fully saturated rings. The average Bonchev–Trinajstić information content (AvgIpc) is 3.09. The van der Waals surface area contributed by atoms with Crippen molar-refractivity contribution in [3.05, 3.63) is 60.8 Å². The number of carbonyl (C=O) groups is 3. The minimum Gasteiger partial charge on any atom is -0.462 e. The van der Waals surface area contributed by atoms with Crippen molar-refractivity contribution in [3.8, 4) is 0 Å². The van der Waals surface area contributed by atoms with E-state index in [1.54, 1.807) is 0 Å². The molecule has 0 spiro atoms. The molecule has 1 unspecified atom stereocenters. The van der Waals surface area contributed by atoms with E-state index < -0.39 is 6.10 Å². The van der Waals surface area contributed by atoms with E-state index in [9.17, 15) is 14.4 Å². The lowest BCUT2D eigenvalue weighted by Crippen LogP contribution is -2.30. The molecule has 6 heteroatoms. The first-order valence-electron chi connectivity index (χ1n) is 19.8. The maximum absolute atomic E-state index is 12.4. The van der Waals surface area contributed by atoms with Crippen LogP contribution < -0.4 is 0 Å². The largest absolute Gasteiger partial charge is 0.462 e. The van der Waals surface area contributed by atoms with E-state index in [-0.39, 0.29) is 31.1 Å². The minimum absolute atomic E-state index is 0.0828. The highest BCUT2D eigenvalue weighted by Crippen LogP contribution is 2.11. The Labute approximate surface area is 300 Å². The van der Waals surface area contributed by atoms with E-state index in [0.29, 0.717) is 19.3 Å². The van der Waals surface area contributed by atoms with E-state index in [1.165, 1.54) is 6.42 Å². The second kappa shape index (κ2) is 37.9. The summed E-state index contributed by atoms with van der Waals surface area (Å²) in [6, 6.07) is 0. The van der Waals surface area contributed by atoms with Crippen molar-refractivity contribution >= 4 is 17.9 Å². The number of rotatable bonds is 34. The van der Waals surface area contributed by atoms with E-state index in [2.05, 4.69) is 81.5 Å². The summed E-state index contributed by atoms with van der Waals surface area (Å²) in [5.41, 5.74) is 0. The summed E-state index contributed by atoms with van der Waals surface area (Å²) >= 11 is 0. The molecule has 0 radical (unpaired) electrons. The Balaban J connectivity index is 4.12. The van der Waals surface area contributed by atoms with E-state index in [0.717, 1.165) is 128 Å². The van der Waals surface area contributed by atoms with Crippen molar-refractivity contribution in [2.24, 2.45) is 0 Å². The van der Waals surface area contributed by atoms with Crippen molar-refractivity contribution in [2.45, 2.75) is 181 Å². The summed E-state index contributed by atoms with van der Waals surface area (Å²) in [6.45, 7) is 6.30. The van der Waals surface area contributed by atoms with Crippen molar-refractivity contribution in [1.29, 1.82) is 0 Å². The Kier molecular flexibility index (Phi) is 35.7. The molecule has 0 bridgehead atoms. The Bertz CT molecular complexity index is 929. The SMILES string of the molecule is CC/C=C\C/C=C\C/C=C\C/C=C\C/C=C\CCCCCCCC(=O)OCC(COC(=O)CCCCCCC)OC(=O)CCCCCCC. The predicted molar refractivity (Wildman–Crippen MR) is 205 cm³/mol. The molecular formula is C43H72O6. The molecule has 0 aliphatic rings. The van der Waals surface area contributed by atoms with Crippen LogP contribution in [0.3, 0.4) is 0 Å². The van der Waals surface area contributed by atoms with Crippen molar-refractivity contribution in [3.63, 3.8) is 0 Å². The molecule has 0 saturated carbocycles. The molecule has 0 N–H and O–H groups in total. The fourth-order valence-corrected chi connectivity index (χ4v) is 5.05. The highest BCUT2D eigenvalue weighted by molar-refractivity contribution is 5.71. The number of hydrogen-bond acceptors (Lipinski definition) is 6. The van der Waals surface area contributed by atoms with E-state index in [4.69, 9.17) is 14.2 Å². The molecule has 6 nitrogen and oxygen atoms in total. The summed E-state index contributed by atoms with van der Waals surface area (Å²) in [6.07, 6.45) is 44.1. The third kappa shape index (κ3) is 36.2. The van der Waals surface area contributed by atoms with Gasteiger partial charge >= 0.3 is 17.9 Å². The summed E-state index contributed by atoms with van der Waals surface area (Å²) in [5.74, 6) is -0.941. The monoisotopic (exact) mass is 685 g/mol. The molecule has 0 aromatic rings. The number of hydrogen-bond donors (Lipinski definition) is 0. The second-order valence-electron chi connectivity index (χ2n) is 12.8. The predicted octanol–water partition coefficient (Wildman–Crippen LogP) is 12.2. The van der Waals surface area contributed by atoms with Gasteiger partial charge in [0.25, 0.3) is 0 Å². The van der Waals surface area contributed by atoms with Gasteiger partial charge < -0.3 is 14.2 Å². The summed E-state index contributed by atoms with van der Waals surface area (Å²) in [7, 11) is 0. The lowest BCUT2D eigenvalue weighted by atomic mass is 10.1. The lowest BCUT2D eigenvalue weighted by molar-refractivity contribution is -0.167. The quantitative estimate of drug-likeness (QED) is 0.0290. The summed E-state index contributed by atoms with van der Waals surface area (Å²) < 4.78 is 16.4. The molecule has 280 valence electrons.